The summed E-state index contributed by atoms with van der Waals surface area (Å²) in [6.07, 6.45) is 6.73. The number of methoxy groups -OCH3 is 1. The van der Waals surface area contributed by atoms with Crippen LogP contribution in [0, 0.1) is 5.41 Å². The standard InChI is InChI=1S/C33H33BrO6/c1-20(2)13-15-33-16-14-21(3)18-39-26-8-6-7-24(19-40-32(37)23-9-11-25(34)12-10-23)28(26)30(35)29(31(33)36)27(38-5)17-22(33)4/h6-14,17H,15-16,18-19H2,1-5H3/b21-14-/t33-/m0/s1. The van der Waals surface area contributed by atoms with Gasteiger partial charge in [0.2, 0.25) is 5.78 Å². The van der Waals surface area contributed by atoms with Crippen molar-refractivity contribution in [3.05, 3.63) is 110 Å². The highest BCUT2D eigenvalue weighted by Gasteiger charge is 2.46. The largest absolute Gasteiger partial charge is 0.496 e. The van der Waals surface area contributed by atoms with Crippen LogP contribution in [0.3, 0.4) is 0 Å². The van der Waals surface area contributed by atoms with E-state index >= 15 is 0 Å². The van der Waals surface area contributed by atoms with E-state index in [1.54, 1.807) is 48.5 Å². The van der Waals surface area contributed by atoms with Crippen molar-refractivity contribution in [1.82, 2.24) is 0 Å². The second-order valence-electron chi connectivity index (χ2n) is 10.4. The van der Waals surface area contributed by atoms with Crippen molar-refractivity contribution in [1.29, 1.82) is 0 Å². The second kappa shape index (κ2) is 12.2. The molecule has 208 valence electrons. The Kier molecular flexibility index (Phi) is 8.94. The van der Waals surface area contributed by atoms with Crippen LogP contribution in [0.1, 0.15) is 66.8 Å². The molecular formula is C33H33BrO6. The lowest BCUT2D eigenvalue weighted by Gasteiger charge is -2.36. The average Bonchev–Trinajstić information content (AvgIpc) is 2.94. The molecule has 2 bridgehead atoms. The SMILES string of the molecule is COC1=C2C(=O)c3c(COC(=O)c4ccc(Br)cc4)cccc3OC/C(C)=C\C[C@](CC=C(C)C)(C2=O)C(C)=C1. The predicted molar refractivity (Wildman–Crippen MR) is 157 cm³/mol. The maximum absolute atomic E-state index is 14.4. The molecular weight excluding hydrogens is 572 g/mol. The van der Waals surface area contributed by atoms with Gasteiger partial charge in [0.15, 0.2) is 5.78 Å². The van der Waals surface area contributed by atoms with E-state index in [1.807, 2.05) is 39.8 Å². The normalized spacial score (nSPS) is 20.2. The third-order valence-electron chi connectivity index (χ3n) is 7.35. The minimum atomic E-state index is -0.931. The van der Waals surface area contributed by atoms with Crippen LogP contribution in [0.15, 0.2) is 93.2 Å². The maximum Gasteiger partial charge on any atom is 0.338 e. The smallest absolute Gasteiger partial charge is 0.338 e. The molecule has 0 fully saturated rings. The van der Waals surface area contributed by atoms with Gasteiger partial charge in [-0.1, -0.05) is 51.4 Å². The number of hydrogen-bond acceptors (Lipinski definition) is 6. The summed E-state index contributed by atoms with van der Waals surface area (Å²) in [6.45, 7) is 7.91. The number of carbonyl (C=O) groups is 3. The zero-order chi connectivity index (χ0) is 29.0. The first-order valence-electron chi connectivity index (χ1n) is 13.1. The molecule has 2 aromatic carbocycles. The van der Waals surface area contributed by atoms with Gasteiger partial charge >= 0.3 is 5.97 Å². The van der Waals surface area contributed by atoms with Gasteiger partial charge in [-0.2, -0.15) is 0 Å². The van der Waals surface area contributed by atoms with Crippen LogP contribution in [-0.4, -0.2) is 31.3 Å². The van der Waals surface area contributed by atoms with Crippen LogP contribution in [0.5, 0.6) is 5.75 Å². The molecule has 1 atom stereocenters. The van der Waals surface area contributed by atoms with E-state index in [1.165, 1.54) is 7.11 Å². The van der Waals surface area contributed by atoms with Crippen molar-refractivity contribution in [3.63, 3.8) is 0 Å². The van der Waals surface area contributed by atoms with Crippen molar-refractivity contribution in [2.24, 2.45) is 5.41 Å². The van der Waals surface area contributed by atoms with E-state index in [0.717, 1.165) is 21.2 Å². The monoisotopic (exact) mass is 604 g/mol. The van der Waals surface area contributed by atoms with Crippen LogP contribution in [0.2, 0.25) is 0 Å². The van der Waals surface area contributed by atoms with Gasteiger partial charge in [0.05, 0.1) is 23.7 Å². The van der Waals surface area contributed by atoms with E-state index in [2.05, 4.69) is 15.9 Å². The van der Waals surface area contributed by atoms with Crippen molar-refractivity contribution in [3.8, 4) is 5.75 Å². The van der Waals surface area contributed by atoms with Crippen LogP contribution in [0.25, 0.3) is 0 Å². The number of benzene rings is 2. The maximum atomic E-state index is 14.4. The van der Waals surface area contributed by atoms with Crippen molar-refractivity contribution < 1.29 is 28.6 Å². The Morgan fingerprint density at radius 1 is 1.10 bits per heavy atom. The molecule has 1 aliphatic heterocycles. The molecule has 0 spiro atoms. The quantitative estimate of drug-likeness (QED) is 0.193. The van der Waals surface area contributed by atoms with E-state index in [9.17, 15) is 14.4 Å². The van der Waals surface area contributed by atoms with E-state index in [4.69, 9.17) is 14.2 Å². The minimum absolute atomic E-state index is 0.0280. The molecule has 4 rings (SSSR count). The Hall–Kier alpha value is -3.71. The molecule has 40 heavy (non-hydrogen) atoms. The number of ketones is 2. The molecule has 0 radical (unpaired) electrons. The molecule has 7 heteroatoms. The predicted octanol–water partition coefficient (Wildman–Crippen LogP) is 7.49. The molecule has 0 N–H and O–H groups in total. The first-order chi connectivity index (χ1) is 19.1. The molecule has 2 aliphatic rings. The van der Waals surface area contributed by atoms with Gasteiger partial charge in [-0.3, -0.25) is 9.59 Å². The van der Waals surface area contributed by atoms with Gasteiger partial charge in [-0.25, -0.2) is 4.79 Å². The number of allylic oxidation sites excluding steroid dienone is 6. The first-order valence-corrected chi connectivity index (χ1v) is 13.9. The second-order valence-corrected chi connectivity index (χ2v) is 11.3. The molecule has 0 unspecified atom stereocenters. The molecule has 2 aromatic rings. The number of rotatable bonds is 6. The highest BCUT2D eigenvalue weighted by atomic mass is 79.9. The minimum Gasteiger partial charge on any atom is -0.496 e. The lowest BCUT2D eigenvalue weighted by Crippen LogP contribution is -2.38. The first kappa shape index (κ1) is 29.3. The van der Waals surface area contributed by atoms with Crippen LogP contribution < -0.4 is 4.74 Å². The lowest BCUT2D eigenvalue weighted by molar-refractivity contribution is -0.123. The van der Waals surface area contributed by atoms with Crippen LogP contribution in [-0.2, 0) is 20.9 Å². The highest BCUT2D eigenvalue weighted by Crippen LogP contribution is 2.46. The summed E-state index contributed by atoms with van der Waals surface area (Å²) < 4.78 is 18.2. The van der Waals surface area contributed by atoms with Crippen LogP contribution >= 0.6 is 15.9 Å². The molecule has 0 saturated carbocycles. The lowest BCUT2D eigenvalue weighted by atomic mass is 9.65. The van der Waals surface area contributed by atoms with Gasteiger partial charge < -0.3 is 14.2 Å². The van der Waals surface area contributed by atoms with Gasteiger partial charge in [-0.15, -0.1) is 0 Å². The van der Waals surface area contributed by atoms with E-state index < -0.39 is 17.2 Å². The fourth-order valence-corrected chi connectivity index (χ4v) is 5.16. The molecule has 1 aliphatic carbocycles. The fraction of sp³-hybridized carbons (Fsp3) is 0.303. The highest BCUT2D eigenvalue weighted by molar-refractivity contribution is 9.10. The summed E-state index contributed by atoms with van der Waals surface area (Å²) >= 11 is 3.36. The number of carbonyl (C=O) groups excluding carboxylic acids is 3. The Bertz CT molecular complexity index is 1470. The summed E-state index contributed by atoms with van der Waals surface area (Å²) in [5.41, 5.74) is 2.90. The van der Waals surface area contributed by atoms with E-state index in [-0.39, 0.29) is 35.9 Å². The molecule has 6 nitrogen and oxygen atoms in total. The Labute approximate surface area is 243 Å². The molecule has 1 heterocycles. The topological polar surface area (TPSA) is 78.9 Å². The number of esters is 1. The summed E-state index contributed by atoms with van der Waals surface area (Å²) in [6, 6.07) is 11.9. The Balaban J connectivity index is 1.83. The summed E-state index contributed by atoms with van der Waals surface area (Å²) in [4.78, 5) is 41.5. The third-order valence-corrected chi connectivity index (χ3v) is 7.88. The van der Waals surface area contributed by atoms with Crippen molar-refractivity contribution >= 4 is 33.5 Å². The van der Waals surface area contributed by atoms with Crippen LogP contribution in [0.4, 0.5) is 0 Å². The third kappa shape index (κ3) is 5.89. The number of Topliss-reactive ketones (excluding diaryl/α,β-unsaturated/α-hetero) is 2. The van der Waals surface area contributed by atoms with Gasteiger partial charge in [0.25, 0.3) is 0 Å². The van der Waals surface area contributed by atoms with Gasteiger partial charge in [0, 0.05) is 10.0 Å². The molecule has 0 saturated heterocycles. The summed E-state index contributed by atoms with van der Waals surface area (Å²) in [5.74, 6) is -0.803. The summed E-state index contributed by atoms with van der Waals surface area (Å²) in [5, 5.41) is 0. The Morgan fingerprint density at radius 2 is 1.82 bits per heavy atom. The zero-order valence-corrected chi connectivity index (χ0v) is 25.0. The Morgan fingerprint density at radius 3 is 2.50 bits per heavy atom. The summed E-state index contributed by atoms with van der Waals surface area (Å²) in [7, 11) is 1.45. The van der Waals surface area contributed by atoms with Crippen molar-refractivity contribution in [2.75, 3.05) is 13.7 Å². The zero-order valence-electron chi connectivity index (χ0n) is 23.4. The van der Waals surface area contributed by atoms with Crippen molar-refractivity contribution in [2.45, 2.75) is 47.1 Å². The number of halogens is 1. The fourth-order valence-electron chi connectivity index (χ4n) is 4.89. The number of hydrogen-bond donors (Lipinski definition) is 0. The van der Waals surface area contributed by atoms with Gasteiger partial charge in [-0.05, 0) is 82.5 Å². The number of ether oxygens (including phenoxy) is 3. The average molecular weight is 606 g/mol. The molecule has 0 aromatic heterocycles. The molecule has 0 amide bonds. The van der Waals surface area contributed by atoms with E-state index in [0.29, 0.717) is 29.7 Å². The number of fused-ring (bicyclic) bond motifs is 3. The van der Waals surface area contributed by atoms with Gasteiger partial charge in [0.1, 0.15) is 30.3 Å².